The zero-order chi connectivity index (χ0) is 12.5. The summed E-state index contributed by atoms with van der Waals surface area (Å²) in [5.41, 5.74) is 0. The van der Waals surface area contributed by atoms with E-state index in [1.165, 1.54) is 0 Å². The van der Waals surface area contributed by atoms with Crippen LogP contribution in [0.25, 0.3) is 0 Å². The third-order valence-electron chi connectivity index (χ3n) is 2.40. The summed E-state index contributed by atoms with van der Waals surface area (Å²) in [6, 6.07) is 1.88. The molecule has 0 aliphatic heterocycles. The molecule has 17 heavy (non-hydrogen) atoms. The van der Waals surface area contributed by atoms with E-state index in [1.54, 1.807) is 13.4 Å². The van der Waals surface area contributed by atoms with E-state index in [0.29, 0.717) is 0 Å². The number of hydrogen-bond acceptors (Lipinski definition) is 6. The average molecular weight is 239 g/mol. The Kier molecular flexibility index (Phi) is 6.27. The van der Waals surface area contributed by atoms with Crippen molar-refractivity contribution in [3.8, 4) is 0 Å². The average Bonchev–Trinajstić information content (AvgIpc) is 2.36. The molecule has 1 rings (SSSR count). The van der Waals surface area contributed by atoms with Gasteiger partial charge in [0, 0.05) is 39.9 Å². The number of ether oxygens (including phenoxy) is 1. The summed E-state index contributed by atoms with van der Waals surface area (Å²) in [6.07, 6.45) is 1.54. The summed E-state index contributed by atoms with van der Waals surface area (Å²) in [5.74, 6) is 1.65. The van der Waals surface area contributed by atoms with Crippen molar-refractivity contribution in [3.63, 3.8) is 0 Å². The Morgan fingerprint density at radius 1 is 1.29 bits per heavy atom. The SMILES string of the molecule is CNc1cc(NCCN(C)CCOC)ncn1. The first kappa shape index (κ1) is 13.7. The molecule has 0 bridgehead atoms. The smallest absolute Gasteiger partial charge is 0.131 e. The van der Waals surface area contributed by atoms with Crippen molar-refractivity contribution in [2.75, 3.05) is 58.1 Å². The van der Waals surface area contributed by atoms with Gasteiger partial charge in [-0.25, -0.2) is 9.97 Å². The molecule has 6 heteroatoms. The van der Waals surface area contributed by atoms with Crippen LogP contribution in [0.4, 0.5) is 11.6 Å². The zero-order valence-corrected chi connectivity index (χ0v) is 10.7. The maximum absolute atomic E-state index is 5.02. The third-order valence-corrected chi connectivity index (χ3v) is 2.40. The van der Waals surface area contributed by atoms with Crippen molar-refractivity contribution >= 4 is 11.6 Å². The second kappa shape index (κ2) is 7.81. The molecule has 0 saturated heterocycles. The second-order valence-corrected chi connectivity index (χ2v) is 3.76. The van der Waals surface area contributed by atoms with E-state index in [2.05, 4.69) is 32.5 Å². The Bertz CT molecular complexity index is 320. The lowest BCUT2D eigenvalue weighted by Crippen LogP contribution is -2.28. The Morgan fingerprint density at radius 3 is 2.76 bits per heavy atom. The minimum atomic E-state index is 0.758. The number of anilines is 2. The topological polar surface area (TPSA) is 62.3 Å². The van der Waals surface area contributed by atoms with Gasteiger partial charge in [0.15, 0.2) is 0 Å². The molecule has 1 aromatic rings. The van der Waals surface area contributed by atoms with Crippen LogP contribution >= 0.6 is 0 Å². The van der Waals surface area contributed by atoms with Gasteiger partial charge in [0.1, 0.15) is 18.0 Å². The van der Waals surface area contributed by atoms with E-state index in [1.807, 2.05) is 13.1 Å². The van der Waals surface area contributed by atoms with Crippen molar-refractivity contribution in [1.82, 2.24) is 14.9 Å². The highest BCUT2D eigenvalue weighted by Gasteiger charge is 1.99. The van der Waals surface area contributed by atoms with Crippen LogP contribution in [0.5, 0.6) is 0 Å². The normalized spacial score (nSPS) is 10.6. The predicted molar refractivity (Wildman–Crippen MR) is 69.4 cm³/mol. The number of aromatic nitrogens is 2. The molecule has 2 N–H and O–H groups in total. The first-order valence-electron chi connectivity index (χ1n) is 5.67. The van der Waals surface area contributed by atoms with E-state index in [4.69, 9.17) is 4.74 Å². The number of rotatable bonds is 8. The lowest BCUT2D eigenvalue weighted by Gasteiger charge is -2.16. The van der Waals surface area contributed by atoms with Gasteiger partial charge in [0.25, 0.3) is 0 Å². The summed E-state index contributed by atoms with van der Waals surface area (Å²) in [4.78, 5) is 10.4. The second-order valence-electron chi connectivity index (χ2n) is 3.76. The van der Waals surface area contributed by atoms with E-state index >= 15 is 0 Å². The fourth-order valence-corrected chi connectivity index (χ4v) is 1.32. The monoisotopic (exact) mass is 239 g/mol. The van der Waals surface area contributed by atoms with Crippen LogP contribution in [-0.2, 0) is 4.74 Å². The Hall–Kier alpha value is -1.40. The quantitative estimate of drug-likeness (QED) is 0.689. The molecule has 0 aromatic carbocycles. The van der Waals surface area contributed by atoms with Crippen molar-refractivity contribution in [2.24, 2.45) is 0 Å². The minimum absolute atomic E-state index is 0.758. The highest BCUT2D eigenvalue weighted by molar-refractivity contribution is 5.45. The molecule has 1 aromatic heterocycles. The van der Waals surface area contributed by atoms with E-state index in [0.717, 1.165) is 37.9 Å². The van der Waals surface area contributed by atoms with Crippen molar-refractivity contribution in [3.05, 3.63) is 12.4 Å². The van der Waals surface area contributed by atoms with Gasteiger partial charge in [0.05, 0.1) is 6.61 Å². The van der Waals surface area contributed by atoms with Crippen LogP contribution in [0.15, 0.2) is 12.4 Å². The van der Waals surface area contributed by atoms with E-state index < -0.39 is 0 Å². The van der Waals surface area contributed by atoms with Crippen LogP contribution in [0, 0.1) is 0 Å². The molecule has 0 radical (unpaired) electrons. The first-order valence-corrected chi connectivity index (χ1v) is 5.67. The maximum atomic E-state index is 5.02. The van der Waals surface area contributed by atoms with Gasteiger partial charge in [-0.2, -0.15) is 0 Å². The van der Waals surface area contributed by atoms with E-state index in [9.17, 15) is 0 Å². The number of hydrogen-bond donors (Lipinski definition) is 2. The molecule has 0 aliphatic carbocycles. The molecule has 0 spiro atoms. The Balaban J connectivity index is 2.25. The minimum Gasteiger partial charge on any atom is -0.383 e. The van der Waals surface area contributed by atoms with Crippen molar-refractivity contribution < 1.29 is 4.74 Å². The van der Waals surface area contributed by atoms with Crippen LogP contribution < -0.4 is 10.6 Å². The molecule has 0 fully saturated rings. The van der Waals surface area contributed by atoms with Gasteiger partial charge in [-0.3, -0.25) is 0 Å². The largest absolute Gasteiger partial charge is 0.383 e. The summed E-state index contributed by atoms with van der Waals surface area (Å²) in [6.45, 7) is 3.49. The molecule has 0 amide bonds. The molecule has 6 nitrogen and oxygen atoms in total. The summed E-state index contributed by atoms with van der Waals surface area (Å²) < 4.78 is 5.02. The van der Waals surface area contributed by atoms with Gasteiger partial charge in [-0.05, 0) is 7.05 Å². The summed E-state index contributed by atoms with van der Waals surface area (Å²) in [7, 11) is 5.62. The molecular weight excluding hydrogens is 218 g/mol. The lowest BCUT2D eigenvalue weighted by molar-refractivity contribution is 0.163. The molecule has 1 heterocycles. The number of nitrogens with one attached hydrogen (secondary N) is 2. The van der Waals surface area contributed by atoms with Crippen LogP contribution in [-0.4, -0.2) is 62.3 Å². The highest BCUT2D eigenvalue weighted by Crippen LogP contribution is 2.06. The van der Waals surface area contributed by atoms with E-state index in [-0.39, 0.29) is 0 Å². The number of likely N-dealkylation sites (N-methyl/N-ethyl adjacent to an activating group) is 1. The Morgan fingerprint density at radius 2 is 2.06 bits per heavy atom. The van der Waals surface area contributed by atoms with Crippen LogP contribution in [0.1, 0.15) is 0 Å². The Labute approximate surface area is 102 Å². The van der Waals surface area contributed by atoms with Gasteiger partial charge in [-0.15, -0.1) is 0 Å². The predicted octanol–water partition coefficient (Wildman–Crippen LogP) is 0.508. The summed E-state index contributed by atoms with van der Waals surface area (Å²) >= 11 is 0. The highest BCUT2D eigenvalue weighted by atomic mass is 16.5. The molecular formula is C11H21N5O. The third kappa shape index (κ3) is 5.46. The fourth-order valence-electron chi connectivity index (χ4n) is 1.32. The van der Waals surface area contributed by atoms with Gasteiger partial charge < -0.3 is 20.3 Å². The van der Waals surface area contributed by atoms with Crippen molar-refractivity contribution in [2.45, 2.75) is 0 Å². The fraction of sp³-hybridized carbons (Fsp3) is 0.636. The molecule has 0 saturated carbocycles. The summed E-state index contributed by atoms with van der Waals surface area (Å²) in [5, 5.41) is 6.23. The van der Waals surface area contributed by atoms with Gasteiger partial charge >= 0.3 is 0 Å². The molecule has 96 valence electrons. The van der Waals surface area contributed by atoms with Gasteiger partial charge in [0.2, 0.25) is 0 Å². The zero-order valence-electron chi connectivity index (χ0n) is 10.7. The van der Waals surface area contributed by atoms with Gasteiger partial charge in [-0.1, -0.05) is 0 Å². The van der Waals surface area contributed by atoms with Crippen molar-refractivity contribution in [1.29, 1.82) is 0 Å². The number of nitrogens with zero attached hydrogens (tertiary/aromatic N) is 3. The molecule has 0 aliphatic rings. The standard InChI is InChI=1S/C11H21N5O/c1-12-10-8-11(15-9-14-10)13-4-5-16(2)6-7-17-3/h8-9H,4-7H2,1-3H3,(H2,12,13,14,15). The first-order chi connectivity index (χ1) is 8.26. The van der Waals surface area contributed by atoms with Crippen LogP contribution in [0.3, 0.4) is 0 Å². The molecule has 0 atom stereocenters. The maximum Gasteiger partial charge on any atom is 0.131 e. The molecule has 0 unspecified atom stereocenters. The number of methoxy groups -OCH3 is 1. The lowest BCUT2D eigenvalue weighted by atomic mass is 10.4. The van der Waals surface area contributed by atoms with Crippen LogP contribution in [0.2, 0.25) is 0 Å².